The SMILES string of the molecule is CS(=O)(=O)c1cccc(NC(=O)C2(c3ccc(Br)cc3)CCOCC2)c1. The zero-order valence-corrected chi connectivity index (χ0v) is 16.8. The molecule has 0 radical (unpaired) electrons. The highest BCUT2D eigenvalue weighted by atomic mass is 79.9. The van der Waals surface area contributed by atoms with Gasteiger partial charge in [0.05, 0.1) is 10.3 Å². The molecule has 0 saturated carbocycles. The average Bonchev–Trinajstić information content (AvgIpc) is 2.62. The van der Waals surface area contributed by atoms with Crippen LogP contribution in [-0.2, 0) is 24.8 Å². The van der Waals surface area contributed by atoms with E-state index in [1.165, 1.54) is 12.1 Å². The predicted octanol–water partition coefficient (Wildman–Crippen LogP) is 3.54. The molecule has 1 aliphatic heterocycles. The molecule has 0 aromatic heterocycles. The molecule has 1 N–H and O–H groups in total. The van der Waals surface area contributed by atoms with Gasteiger partial charge in [0.25, 0.3) is 0 Å². The number of nitrogens with one attached hydrogen (secondary N) is 1. The number of benzene rings is 2. The van der Waals surface area contributed by atoms with Crippen LogP contribution in [0.2, 0.25) is 0 Å². The quantitative estimate of drug-likeness (QED) is 0.793. The van der Waals surface area contributed by atoms with E-state index in [9.17, 15) is 13.2 Å². The second-order valence-corrected chi connectivity index (χ2v) is 9.39. The molecule has 1 heterocycles. The third kappa shape index (κ3) is 4.00. The summed E-state index contributed by atoms with van der Waals surface area (Å²) < 4.78 is 29.9. The van der Waals surface area contributed by atoms with E-state index < -0.39 is 15.3 Å². The lowest BCUT2D eigenvalue weighted by Gasteiger charge is -2.36. The first-order chi connectivity index (χ1) is 12.3. The van der Waals surface area contributed by atoms with E-state index in [1.807, 2.05) is 24.3 Å². The summed E-state index contributed by atoms with van der Waals surface area (Å²) in [5.41, 5.74) is 0.710. The Balaban J connectivity index is 1.93. The standard InChI is InChI=1S/C19H20BrNO4S/c1-26(23,24)17-4-2-3-16(13-17)21-18(22)19(9-11-25-12-10-19)14-5-7-15(20)8-6-14/h2-8,13H,9-12H2,1H3,(H,21,22). The number of carbonyl (C=O) groups is 1. The van der Waals surface area contributed by atoms with Crippen LogP contribution in [0.5, 0.6) is 0 Å². The van der Waals surface area contributed by atoms with Gasteiger partial charge in [-0.2, -0.15) is 0 Å². The number of anilines is 1. The number of sulfone groups is 1. The van der Waals surface area contributed by atoms with Crippen molar-refractivity contribution in [3.8, 4) is 0 Å². The van der Waals surface area contributed by atoms with Gasteiger partial charge in [-0.05, 0) is 48.7 Å². The molecule has 1 amide bonds. The molecule has 1 aliphatic rings. The minimum Gasteiger partial charge on any atom is -0.381 e. The number of ether oxygens (including phenoxy) is 1. The molecule has 5 nitrogen and oxygen atoms in total. The highest BCUT2D eigenvalue weighted by Gasteiger charge is 2.41. The molecule has 0 atom stereocenters. The molecular formula is C19H20BrNO4S. The number of carbonyl (C=O) groups excluding carboxylic acids is 1. The number of rotatable bonds is 4. The zero-order chi connectivity index (χ0) is 18.8. The molecule has 0 bridgehead atoms. The maximum Gasteiger partial charge on any atom is 0.235 e. The van der Waals surface area contributed by atoms with Gasteiger partial charge in [-0.1, -0.05) is 34.1 Å². The highest BCUT2D eigenvalue weighted by molar-refractivity contribution is 9.10. The summed E-state index contributed by atoms with van der Waals surface area (Å²) in [5.74, 6) is -0.145. The van der Waals surface area contributed by atoms with Gasteiger partial charge in [0.1, 0.15) is 0 Å². The van der Waals surface area contributed by atoms with Crippen molar-refractivity contribution in [1.82, 2.24) is 0 Å². The first kappa shape index (κ1) is 19.1. The number of hydrogen-bond acceptors (Lipinski definition) is 4. The van der Waals surface area contributed by atoms with Crippen LogP contribution in [0, 0.1) is 0 Å². The minimum atomic E-state index is -3.33. The van der Waals surface area contributed by atoms with Gasteiger partial charge in [-0.15, -0.1) is 0 Å². The van der Waals surface area contributed by atoms with Crippen LogP contribution in [0.3, 0.4) is 0 Å². The molecule has 0 aliphatic carbocycles. The Morgan fingerprint density at radius 2 is 1.77 bits per heavy atom. The summed E-state index contributed by atoms with van der Waals surface area (Å²) in [5, 5.41) is 2.91. The molecule has 0 spiro atoms. The molecule has 7 heteroatoms. The summed E-state index contributed by atoms with van der Waals surface area (Å²) in [4.78, 5) is 13.4. The lowest BCUT2D eigenvalue weighted by Crippen LogP contribution is -2.44. The molecule has 1 saturated heterocycles. The fourth-order valence-corrected chi connectivity index (χ4v) is 4.12. The third-order valence-corrected chi connectivity index (χ3v) is 6.34. The molecule has 3 rings (SSSR count). The topological polar surface area (TPSA) is 72.5 Å². The Labute approximate surface area is 161 Å². The maximum atomic E-state index is 13.2. The molecule has 0 unspecified atom stereocenters. The van der Waals surface area contributed by atoms with E-state index in [-0.39, 0.29) is 10.8 Å². The summed E-state index contributed by atoms with van der Waals surface area (Å²) in [7, 11) is -3.33. The minimum absolute atomic E-state index is 0.145. The van der Waals surface area contributed by atoms with Crippen LogP contribution >= 0.6 is 15.9 Å². The molecule has 138 valence electrons. The number of hydrogen-bond donors (Lipinski definition) is 1. The maximum absolute atomic E-state index is 13.2. The van der Waals surface area contributed by atoms with E-state index in [4.69, 9.17) is 4.74 Å². The van der Waals surface area contributed by atoms with E-state index in [2.05, 4.69) is 21.2 Å². The van der Waals surface area contributed by atoms with Gasteiger partial charge in [0.15, 0.2) is 9.84 Å². The van der Waals surface area contributed by atoms with Crippen LogP contribution < -0.4 is 5.32 Å². The van der Waals surface area contributed by atoms with Crippen molar-refractivity contribution < 1.29 is 17.9 Å². The van der Waals surface area contributed by atoms with Crippen molar-refractivity contribution in [1.29, 1.82) is 0 Å². The van der Waals surface area contributed by atoms with E-state index in [0.717, 1.165) is 16.3 Å². The van der Waals surface area contributed by atoms with Crippen molar-refractivity contribution in [3.05, 3.63) is 58.6 Å². The first-order valence-corrected chi connectivity index (χ1v) is 11.0. The summed E-state index contributed by atoms with van der Waals surface area (Å²) in [6.07, 6.45) is 2.30. The fourth-order valence-electron chi connectivity index (χ4n) is 3.19. The van der Waals surface area contributed by atoms with Gasteiger partial charge >= 0.3 is 0 Å². The van der Waals surface area contributed by atoms with E-state index in [0.29, 0.717) is 31.7 Å². The van der Waals surface area contributed by atoms with Gasteiger partial charge in [0, 0.05) is 29.6 Å². The third-order valence-electron chi connectivity index (χ3n) is 4.70. The molecule has 2 aromatic carbocycles. The monoisotopic (exact) mass is 437 g/mol. The van der Waals surface area contributed by atoms with Crippen LogP contribution in [0.1, 0.15) is 18.4 Å². The number of amides is 1. The molecule has 1 fully saturated rings. The average molecular weight is 438 g/mol. The smallest absolute Gasteiger partial charge is 0.235 e. The van der Waals surface area contributed by atoms with Gasteiger partial charge < -0.3 is 10.1 Å². The van der Waals surface area contributed by atoms with Crippen LogP contribution in [0.15, 0.2) is 57.9 Å². The zero-order valence-electron chi connectivity index (χ0n) is 14.4. The molecule has 2 aromatic rings. The first-order valence-electron chi connectivity index (χ1n) is 8.27. The van der Waals surface area contributed by atoms with Gasteiger partial charge in [-0.25, -0.2) is 8.42 Å². The van der Waals surface area contributed by atoms with Crippen LogP contribution in [-0.4, -0.2) is 33.8 Å². The second-order valence-electron chi connectivity index (χ2n) is 6.46. The predicted molar refractivity (Wildman–Crippen MR) is 104 cm³/mol. The Hall–Kier alpha value is -1.70. The van der Waals surface area contributed by atoms with Crippen LogP contribution in [0.25, 0.3) is 0 Å². The lowest BCUT2D eigenvalue weighted by atomic mass is 9.73. The Bertz CT molecular complexity index is 903. The van der Waals surface area contributed by atoms with E-state index >= 15 is 0 Å². The van der Waals surface area contributed by atoms with Gasteiger partial charge in [0.2, 0.25) is 5.91 Å². The van der Waals surface area contributed by atoms with Crippen molar-refractivity contribution in [2.45, 2.75) is 23.2 Å². The van der Waals surface area contributed by atoms with Crippen molar-refractivity contribution in [2.75, 3.05) is 24.8 Å². The largest absolute Gasteiger partial charge is 0.381 e. The Kier molecular flexibility index (Phi) is 5.50. The summed E-state index contributed by atoms with van der Waals surface area (Å²) >= 11 is 3.42. The van der Waals surface area contributed by atoms with Crippen molar-refractivity contribution >= 4 is 37.4 Å². The second kappa shape index (κ2) is 7.50. The number of halogens is 1. The summed E-state index contributed by atoms with van der Waals surface area (Å²) in [6.45, 7) is 1.01. The van der Waals surface area contributed by atoms with Gasteiger partial charge in [-0.3, -0.25) is 4.79 Å². The van der Waals surface area contributed by atoms with E-state index in [1.54, 1.807) is 12.1 Å². The Morgan fingerprint density at radius 3 is 2.38 bits per heavy atom. The lowest BCUT2D eigenvalue weighted by molar-refractivity contribution is -0.125. The highest BCUT2D eigenvalue weighted by Crippen LogP contribution is 2.37. The normalized spacial score (nSPS) is 16.8. The molecular weight excluding hydrogens is 418 g/mol. The van der Waals surface area contributed by atoms with Crippen molar-refractivity contribution in [3.63, 3.8) is 0 Å². The van der Waals surface area contributed by atoms with Crippen molar-refractivity contribution in [2.24, 2.45) is 0 Å². The van der Waals surface area contributed by atoms with Crippen LogP contribution in [0.4, 0.5) is 5.69 Å². The fraction of sp³-hybridized carbons (Fsp3) is 0.316. The summed E-state index contributed by atoms with van der Waals surface area (Å²) in [6, 6.07) is 14.1. The molecule has 26 heavy (non-hydrogen) atoms. The Morgan fingerprint density at radius 1 is 1.12 bits per heavy atom.